The summed E-state index contributed by atoms with van der Waals surface area (Å²) in [5.74, 6) is -0.118. The van der Waals surface area contributed by atoms with E-state index in [2.05, 4.69) is 26.2 Å². The average molecular weight is 291 g/mol. The molecule has 1 amide bonds. The quantitative estimate of drug-likeness (QED) is 0.882. The number of carbonyl (C=O) groups excluding carboxylic acids is 1. The Kier molecular flexibility index (Phi) is 3.88. The molecule has 0 aliphatic carbocycles. The summed E-state index contributed by atoms with van der Waals surface area (Å²) >= 11 is 3.37. The molecule has 0 spiro atoms. The predicted molar refractivity (Wildman–Crippen MR) is 71.3 cm³/mol. The van der Waals surface area contributed by atoms with Crippen LogP contribution in [0.2, 0.25) is 0 Å². The topological polar surface area (TPSA) is 42.0 Å². The van der Waals surface area contributed by atoms with Crippen LogP contribution in [0.15, 0.2) is 48.8 Å². The molecule has 1 heterocycles. The number of nitrogens with zero attached hydrogens (tertiary/aromatic N) is 1. The second kappa shape index (κ2) is 5.59. The van der Waals surface area contributed by atoms with Gasteiger partial charge in [0.1, 0.15) is 0 Å². The number of aromatic nitrogens is 1. The van der Waals surface area contributed by atoms with Crippen LogP contribution in [0.3, 0.4) is 0 Å². The van der Waals surface area contributed by atoms with E-state index in [9.17, 15) is 4.79 Å². The summed E-state index contributed by atoms with van der Waals surface area (Å²) in [5, 5.41) is 3.47. The Labute approximate surface area is 108 Å². The normalized spacial score (nSPS) is 9.94. The van der Waals surface area contributed by atoms with Crippen molar-refractivity contribution >= 4 is 27.5 Å². The maximum absolute atomic E-state index is 12.0. The van der Waals surface area contributed by atoms with Crippen molar-refractivity contribution in [3.63, 3.8) is 0 Å². The molecular formula is C13H11BrN2O. The lowest BCUT2D eigenvalue weighted by Crippen LogP contribution is -2.13. The number of nitrogens with one attached hydrogen (secondary N) is 1. The fourth-order valence-electron chi connectivity index (χ4n) is 1.49. The lowest BCUT2D eigenvalue weighted by molar-refractivity contribution is 0.102. The molecule has 0 saturated heterocycles. The van der Waals surface area contributed by atoms with Gasteiger partial charge in [-0.3, -0.25) is 9.78 Å². The van der Waals surface area contributed by atoms with Gasteiger partial charge in [-0.25, -0.2) is 0 Å². The molecule has 17 heavy (non-hydrogen) atoms. The van der Waals surface area contributed by atoms with Gasteiger partial charge in [-0.1, -0.05) is 34.1 Å². The zero-order valence-corrected chi connectivity index (χ0v) is 10.6. The summed E-state index contributed by atoms with van der Waals surface area (Å²) in [6.45, 7) is 0. The highest BCUT2D eigenvalue weighted by atomic mass is 79.9. The Bertz CT molecular complexity index is 514. The fourth-order valence-corrected chi connectivity index (χ4v) is 1.98. The van der Waals surface area contributed by atoms with Gasteiger partial charge in [0, 0.05) is 17.1 Å². The van der Waals surface area contributed by atoms with Crippen LogP contribution in [0.1, 0.15) is 15.9 Å². The highest BCUT2D eigenvalue weighted by Crippen LogP contribution is 2.14. The van der Waals surface area contributed by atoms with E-state index >= 15 is 0 Å². The molecule has 1 aromatic heterocycles. The van der Waals surface area contributed by atoms with Gasteiger partial charge in [0.15, 0.2) is 0 Å². The molecule has 0 bridgehead atoms. The summed E-state index contributed by atoms with van der Waals surface area (Å²) in [4.78, 5) is 16.0. The van der Waals surface area contributed by atoms with Crippen LogP contribution in [0.25, 0.3) is 0 Å². The van der Waals surface area contributed by atoms with E-state index in [0.29, 0.717) is 16.6 Å². The average Bonchev–Trinajstić information content (AvgIpc) is 2.40. The highest BCUT2D eigenvalue weighted by molar-refractivity contribution is 9.08. The Morgan fingerprint density at radius 1 is 1.24 bits per heavy atom. The number of pyridine rings is 1. The molecule has 1 aromatic carbocycles. The first-order valence-electron chi connectivity index (χ1n) is 5.16. The number of halogens is 1. The Balaban J connectivity index is 2.20. The van der Waals surface area contributed by atoms with Crippen molar-refractivity contribution in [2.45, 2.75) is 5.33 Å². The molecule has 1 N–H and O–H groups in total. The van der Waals surface area contributed by atoms with Gasteiger partial charge in [0.2, 0.25) is 0 Å². The van der Waals surface area contributed by atoms with Crippen molar-refractivity contribution in [2.75, 3.05) is 5.32 Å². The fraction of sp³-hybridized carbons (Fsp3) is 0.0769. The minimum atomic E-state index is -0.118. The van der Waals surface area contributed by atoms with Gasteiger partial charge >= 0.3 is 0 Å². The maximum atomic E-state index is 12.0. The van der Waals surface area contributed by atoms with Crippen molar-refractivity contribution in [1.29, 1.82) is 0 Å². The minimum Gasteiger partial charge on any atom is -0.321 e. The number of benzene rings is 1. The molecule has 0 unspecified atom stereocenters. The number of alkyl halides is 1. The zero-order chi connectivity index (χ0) is 12.1. The van der Waals surface area contributed by atoms with Crippen molar-refractivity contribution in [2.24, 2.45) is 0 Å². The summed E-state index contributed by atoms with van der Waals surface area (Å²) in [5.41, 5.74) is 2.34. The van der Waals surface area contributed by atoms with E-state index < -0.39 is 0 Å². The molecule has 86 valence electrons. The third kappa shape index (κ3) is 2.91. The largest absolute Gasteiger partial charge is 0.321 e. The van der Waals surface area contributed by atoms with Crippen molar-refractivity contribution in [3.05, 3.63) is 59.9 Å². The molecule has 4 heteroatoms. The highest BCUT2D eigenvalue weighted by Gasteiger charge is 2.09. The number of amides is 1. The van der Waals surface area contributed by atoms with E-state index in [1.165, 1.54) is 0 Å². The van der Waals surface area contributed by atoms with Crippen LogP contribution >= 0.6 is 15.9 Å². The third-order valence-corrected chi connectivity index (χ3v) is 2.93. The van der Waals surface area contributed by atoms with Crippen LogP contribution in [0.5, 0.6) is 0 Å². The van der Waals surface area contributed by atoms with Crippen LogP contribution in [0.4, 0.5) is 5.69 Å². The van der Waals surface area contributed by atoms with E-state index in [1.807, 2.05) is 30.3 Å². The van der Waals surface area contributed by atoms with E-state index in [4.69, 9.17) is 0 Å². The first-order chi connectivity index (χ1) is 8.31. The van der Waals surface area contributed by atoms with Crippen LogP contribution in [-0.4, -0.2) is 10.9 Å². The maximum Gasteiger partial charge on any atom is 0.256 e. The number of hydrogen-bond acceptors (Lipinski definition) is 2. The first kappa shape index (κ1) is 11.8. The molecule has 2 aromatic rings. The number of anilines is 1. The molecule has 0 fully saturated rings. The lowest BCUT2D eigenvalue weighted by Gasteiger charge is -2.07. The van der Waals surface area contributed by atoms with Gasteiger partial charge in [-0.2, -0.15) is 0 Å². The van der Waals surface area contributed by atoms with Crippen LogP contribution in [0, 0.1) is 0 Å². The van der Waals surface area contributed by atoms with Gasteiger partial charge in [-0.15, -0.1) is 0 Å². The van der Waals surface area contributed by atoms with Crippen molar-refractivity contribution < 1.29 is 4.79 Å². The molecule has 0 aliphatic heterocycles. The monoisotopic (exact) mass is 290 g/mol. The summed E-state index contributed by atoms with van der Waals surface area (Å²) in [6.07, 6.45) is 3.29. The molecule has 3 nitrogen and oxygen atoms in total. The molecular weight excluding hydrogens is 280 g/mol. The second-order valence-electron chi connectivity index (χ2n) is 3.49. The molecule has 0 atom stereocenters. The number of carbonyl (C=O) groups is 1. The van der Waals surface area contributed by atoms with Crippen LogP contribution in [-0.2, 0) is 5.33 Å². The summed E-state index contributed by atoms with van der Waals surface area (Å²) in [6, 6.07) is 11.1. The smallest absolute Gasteiger partial charge is 0.256 e. The summed E-state index contributed by atoms with van der Waals surface area (Å²) < 4.78 is 0. The third-order valence-electron chi connectivity index (χ3n) is 2.33. The number of hydrogen-bond donors (Lipinski definition) is 1. The van der Waals surface area contributed by atoms with E-state index in [1.54, 1.807) is 18.5 Å². The van der Waals surface area contributed by atoms with Gasteiger partial charge in [0.05, 0.1) is 11.9 Å². The predicted octanol–water partition coefficient (Wildman–Crippen LogP) is 3.23. The molecule has 0 radical (unpaired) electrons. The lowest BCUT2D eigenvalue weighted by atomic mass is 10.1. The first-order valence-corrected chi connectivity index (χ1v) is 6.28. The van der Waals surface area contributed by atoms with Gasteiger partial charge in [-0.05, 0) is 23.8 Å². The van der Waals surface area contributed by atoms with E-state index in [-0.39, 0.29) is 5.91 Å². The zero-order valence-electron chi connectivity index (χ0n) is 9.06. The molecule has 2 rings (SSSR count). The Hall–Kier alpha value is -1.68. The minimum absolute atomic E-state index is 0.118. The van der Waals surface area contributed by atoms with Crippen molar-refractivity contribution in [1.82, 2.24) is 4.98 Å². The number of rotatable bonds is 3. The van der Waals surface area contributed by atoms with Gasteiger partial charge in [0.25, 0.3) is 5.91 Å². The summed E-state index contributed by atoms with van der Waals surface area (Å²) in [7, 11) is 0. The second-order valence-corrected chi connectivity index (χ2v) is 4.05. The SMILES string of the molecule is O=C(Nc1cccnc1)c1ccccc1CBr. The standard InChI is InChI=1S/C13H11BrN2O/c14-8-10-4-1-2-6-12(10)13(17)16-11-5-3-7-15-9-11/h1-7,9H,8H2,(H,16,17). The van der Waals surface area contributed by atoms with E-state index in [0.717, 1.165) is 5.56 Å². The Morgan fingerprint density at radius 2 is 2.06 bits per heavy atom. The van der Waals surface area contributed by atoms with Gasteiger partial charge < -0.3 is 5.32 Å². The van der Waals surface area contributed by atoms with Crippen LogP contribution < -0.4 is 5.32 Å². The molecule has 0 aliphatic rings. The van der Waals surface area contributed by atoms with Crippen molar-refractivity contribution in [3.8, 4) is 0 Å². The Morgan fingerprint density at radius 3 is 2.76 bits per heavy atom. The molecule has 0 saturated carbocycles.